The minimum absolute atomic E-state index is 0.0464. The van der Waals surface area contributed by atoms with Crippen molar-refractivity contribution in [1.82, 2.24) is 10.2 Å². The molecule has 0 saturated heterocycles. The molecule has 5 nitrogen and oxygen atoms in total. The molecule has 0 aliphatic carbocycles. The van der Waals surface area contributed by atoms with Crippen LogP contribution in [0.1, 0.15) is 73.1 Å². The Morgan fingerprint density at radius 1 is 1.09 bits per heavy atom. The van der Waals surface area contributed by atoms with Crippen LogP contribution in [-0.2, 0) is 9.47 Å². The number of hydrogen-bond acceptors (Lipinski definition) is 4. The standard InChI is InChI=1S/C29H51N3O2/c1-8-12-14-15-16-19-26(5)30-27(6)31-28(20-18-23-33-7)25-29(10-3)34-24-22-32(11-4)21-17-13-9-2/h8,12,14,18-20,25,29H,1,9-11,13,15-17,21-24H2,2-7H3,(H,30,31)/b14-12+,20-18-,26-19+,28-25+. The van der Waals surface area contributed by atoms with Gasteiger partial charge in [0, 0.05) is 25.0 Å². The lowest BCUT2D eigenvalue weighted by Gasteiger charge is -2.22. The summed E-state index contributed by atoms with van der Waals surface area (Å²) in [6, 6.07) is 0. The van der Waals surface area contributed by atoms with Crippen LogP contribution in [-0.4, -0.2) is 56.8 Å². The van der Waals surface area contributed by atoms with Gasteiger partial charge in [-0.3, -0.25) is 0 Å². The molecule has 1 N–H and O–H groups in total. The normalized spacial score (nSPS) is 14.5. The van der Waals surface area contributed by atoms with Crippen molar-refractivity contribution in [2.75, 3.05) is 40.0 Å². The molecule has 0 bridgehead atoms. The van der Waals surface area contributed by atoms with E-state index in [-0.39, 0.29) is 6.10 Å². The van der Waals surface area contributed by atoms with Gasteiger partial charge in [-0.25, -0.2) is 4.99 Å². The van der Waals surface area contributed by atoms with Crippen LogP contribution in [0.5, 0.6) is 0 Å². The number of amidine groups is 1. The van der Waals surface area contributed by atoms with Crippen molar-refractivity contribution in [3.8, 4) is 0 Å². The van der Waals surface area contributed by atoms with Gasteiger partial charge in [-0.15, -0.1) is 0 Å². The van der Waals surface area contributed by atoms with E-state index in [9.17, 15) is 0 Å². The quantitative estimate of drug-likeness (QED) is 0.0912. The molecule has 0 saturated carbocycles. The SMILES string of the molecule is C=C/C=C/CC/C=C(\C)N=C(C)NC(/C=C\COC)=C/C(CC)OCCN(CC)CCCCC. The second-order valence-corrected chi connectivity index (χ2v) is 8.35. The molecule has 5 heteroatoms. The van der Waals surface area contributed by atoms with Crippen molar-refractivity contribution < 1.29 is 9.47 Å². The number of nitrogens with one attached hydrogen (secondary N) is 1. The first-order valence-corrected chi connectivity index (χ1v) is 13.0. The number of ether oxygens (including phenoxy) is 2. The van der Waals surface area contributed by atoms with Crippen LogP contribution in [0.2, 0.25) is 0 Å². The van der Waals surface area contributed by atoms with E-state index in [4.69, 9.17) is 14.5 Å². The summed E-state index contributed by atoms with van der Waals surface area (Å²) < 4.78 is 11.4. The second kappa shape index (κ2) is 22.8. The van der Waals surface area contributed by atoms with E-state index in [0.717, 1.165) is 62.7 Å². The van der Waals surface area contributed by atoms with Crippen LogP contribution in [0.25, 0.3) is 0 Å². The molecule has 0 aromatic carbocycles. The molecular formula is C29H51N3O2. The molecule has 194 valence electrons. The van der Waals surface area contributed by atoms with Gasteiger partial charge in [0.25, 0.3) is 0 Å². The first kappa shape index (κ1) is 32.0. The molecule has 0 aromatic heterocycles. The Balaban J connectivity index is 5.06. The van der Waals surface area contributed by atoms with Crippen LogP contribution >= 0.6 is 0 Å². The number of nitrogens with zero attached hydrogens (tertiary/aromatic N) is 2. The monoisotopic (exact) mass is 473 g/mol. The summed E-state index contributed by atoms with van der Waals surface area (Å²) in [7, 11) is 1.70. The molecule has 34 heavy (non-hydrogen) atoms. The molecule has 0 amide bonds. The maximum Gasteiger partial charge on any atom is 0.103 e. The topological polar surface area (TPSA) is 46.1 Å². The Labute approximate surface area is 210 Å². The minimum atomic E-state index is 0.0464. The molecule has 0 heterocycles. The van der Waals surface area contributed by atoms with Gasteiger partial charge >= 0.3 is 0 Å². The molecule has 0 rings (SSSR count). The number of aliphatic imine (C=N–C) groups is 1. The second-order valence-electron chi connectivity index (χ2n) is 8.35. The fraction of sp³-hybridized carbons (Fsp3) is 0.621. The lowest BCUT2D eigenvalue weighted by atomic mass is 10.2. The highest BCUT2D eigenvalue weighted by molar-refractivity contribution is 5.82. The maximum atomic E-state index is 6.23. The average Bonchev–Trinajstić information content (AvgIpc) is 2.82. The van der Waals surface area contributed by atoms with Gasteiger partial charge in [-0.05, 0) is 64.8 Å². The van der Waals surface area contributed by atoms with Gasteiger partial charge in [0.15, 0.2) is 0 Å². The molecule has 0 aliphatic heterocycles. The van der Waals surface area contributed by atoms with E-state index in [0.29, 0.717) is 6.61 Å². The largest absolute Gasteiger partial charge is 0.381 e. The molecule has 0 aliphatic rings. The number of unbranched alkanes of at least 4 members (excludes halogenated alkanes) is 3. The average molecular weight is 474 g/mol. The smallest absolute Gasteiger partial charge is 0.103 e. The van der Waals surface area contributed by atoms with Crippen molar-refractivity contribution in [3.05, 3.63) is 60.5 Å². The van der Waals surface area contributed by atoms with Crippen LogP contribution in [0.15, 0.2) is 65.5 Å². The highest BCUT2D eigenvalue weighted by Gasteiger charge is 2.08. The van der Waals surface area contributed by atoms with Gasteiger partial charge in [0.2, 0.25) is 0 Å². The minimum Gasteiger partial charge on any atom is -0.381 e. The summed E-state index contributed by atoms with van der Waals surface area (Å²) >= 11 is 0. The van der Waals surface area contributed by atoms with E-state index < -0.39 is 0 Å². The lowest BCUT2D eigenvalue weighted by Crippen LogP contribution is -2.30. The zero-order chi connectivity index (χ0) is 25.4. The molecule has 0 aromatic rings. The van der Waals surface area contributed by atoms with Gasteiger partial charge < -0.3 is 19.7 Å². The van der Waals surface area contributed by atoms with E-state index in [1.54, 1.807) is 13.2 Å². The van der Waals surface area contributed by atoms with Crippen molar-refractivity contribution in [1.29, 1.82) is 0 Å². The third-order valence-corrected chi connectivity index (χ3v) is 5.31. The fourth-order valence-electron chi connectivity index (χ4n) is 3.37. The molecule has 0 fully saturated rings. The highest BCUT2D eigenvalue weighted by Crippen LogP contribution is 2.07. The van der Waals surface area contributed by atoms with Crippen molar-refractivity contribution in [2.24, 2.45) is 4.99 Å². The highest BCUT2D eigenvalue weighted by atomic mass is 16.5. The van der Waals surface area contributed by atoms with E-state index >= 15 is 0 Å². The Morgan fingerprint density at radius 3 is 2.53 bits per heavy atom. The third-order valence-electron chi connectivity index (χ3n) is 5.31. The maximum absolute atomic E-state index is 6.23. The Bertz CT molecular complexity index is 662. The molecule has 0 spiro atoms. The summed E-state index contributed by atoms with van der Waals surface area (Å²) in [6.07, 6.45) is 21.0. The number of rotatable bonds is 20. The van der Waals surface area contributed by atoms with Crippen LogP contribution in [0.3, 0.4) is 0 Å². The first-order valence-electron chi connectivity index (χ1n) is 13.0. The first-order chi connectivity index (χ1) is 16.5. The number of allylic oxidation sites excluding steroid dienone is 6. The van der Waals surface area contributed by atoms with Crippen LogP contribution < -0.4 is 5.32 Å². The lowest BCUT2D eigenvalue weighted by molar-refractivity contribution is 0.0627. The predicted molar refractivity (Wildman–Crippen MR) is 149 cm³/mol. The third kappa shape index (κ3) is 18.5. The van der Waals surface area contributed by atoms with Crippen molar-refractivity contribution >= 4 is 5.84 Å². The van der Waals surface area contributed by atoms with E-state index in [1.807, 2.05) is 32.1 Å². The Morgan fingerprint density at radius 2 is 1.88 bits per heavy atom. The summed E-state index contributed by atoms with van der Waals surface area (Å²) in [5.74, 6) is 0.853. The number of hydrogen-bond donors (Lipinski definition) is 1. The molecule has 1 unspecified atom stereocenters. The van der Waals surface area contributed by atoms with Gasteiger partial charge in [-0.1, -0.05) is 70.6 Å². The van der Waals surface area contributed by atoms with Crippen molar-refractivity contribution in [3.63, 3.8) is 0 Å². The van der Waals surface area contributed by atoms with Crippen LogP contribution in [0.4, 0.5) is 0 Å². The van der Waals surface area contributed by atoms with Crippen molar-refractivity contribution in [2.45, 2.75) is 79.2 Å². The van der Waals surface area contributed by atoms with Gasteiger partial charge in [-0.2, -0.15) is 0 Å². The Kier molecular flexibility index (Phi) is 21.5. The van der Waals surface area contributed by atoms with Gasteiger partial charge in [0.05, 0.1) is 19.3 Å². The molecule has 0 radical (unpaired) electrons. The molecular weight excluding hydrogens is 422 g/mol. The fourth-order valence-corrected chi connectivity index (χ4v) is 3.37. The predicted octanol–water partition coefficient (Wildman–Crippen LogP) is 6.81. The Hall–Kier alpha value is -1.95. The summed E-state index contributed by atoms with van der Waals surface area (Å²) in [6.45, 7) is 18.8. The molecule has 1 atom stereocenters. The van der Waals surface area contributed by atoms with E-state index in [1.165, 1.54) is 19.3 Å². The summed E-state index contributed by atoms with van der Waals surface area (Å²) in [5.41, 5.74) is 1.98. The number of likely N-dealkylation sites (N-methyl/N-ethyl adjacent to an activating group) is 1. The number of methoxy groups -OCH3 is 1. The summed E-state index contributed by atoms with van der Waals surface area (Å²) in [4.78, 5) is 7.17. The summed E-state index contributed by atoms with van der Waals surface area (Å²) in [5, 5.41) is 3.44. The zero-order valence-electron chi connectivity index (χ0n) is 22.8. The van der Waals surface area contributed by atoms with Gasteiger partial charge in [0.1, 0.15) is 5.84 Å². The van der Waals surface area contributed by atoms with Crippen LogP contribution in [0, 0.1) is 0 Å². The van der Waals surface area contributed by atoms with E-state index in [2.05, 4.69) is 55.8 Å². The zero-order valence-corrected chi connectivity index (χ0v) is 22.8.